The number of benzene rings is 3. The molecule has 2 aliphatic rings. The molecule has 0 atom stereocenters. The lowest BCUT2D eigenvalue weighted by molar-refractivity contribution is 0.103. The van der Waals surface area contributed by atoms with Crippen LogP contribution < -0.4 is 14.8 Å². The fourth-order valence-corrected chi connectivity index (χ4v) is 3.24. The molecular weight excluding hydrogens is 286 g/mol. The van der Waals surface area contributed by atoms with Crippen LogP contribution in [0.4, 0.5) is 5.69 Å². The van der Waals surface area contributed by atoms with Crippen LogP contribution in [0.25, 0.3) is 21.5 Å². The van der Waals surface area contributed by atoms with Gasteiger partial charge >= 0.3 is 0 Å². The van der Waals surface area contributed by atoms with Gasteiger partial charge in [0.25, 0.3) is 5.91 Å². The van der Waals surface area contributed by atoms with E-state index in [0.29, 0.717) is 44.3 Å². The molecule has 0 aromatic heterocycles. The number of hydrogen-bond donors (Lipinski definition) is 3. The van der Waals surface area contributed by atoms with Gasteiger partial charge in [-0.1, -0.05) is 0 Å². The summed E-state index contributed by atoms with van der Waals surface area (Å²) in [4.78, 5) is 12.2. The fraction of sp³-hybridized carbons (Fsp3) is 0.0625. The van der Waals surface area contributed by atoms with E-state index in [1.807, 2.05) is 0 Å². The Bertz CT molecular complexity index is 1020. The maximum atomic E-state index is 12.2. The van der Waals surface area contributed by atoms with Gasteiger partial charge < -0.3 is 25.0 Å². The molecule has 2 aliphatic heterocycles. The Hall–Kier alpha value is -3.15. The highest BCUT2D eigenvalue weighted by atomic mass is 16.7. The van der Waals surface area contributed by atoms with Crippen LogP contribution in [0.15, 0.2) is 24.3 Å². The average Bonchev–Trinajstić information content (AvgIpc) is 3.05. The van der Waals surface area contributed by atoms with E-state index in [4.69, 9.17) is 9.47 Å². The van der Waals surface area contributed by atoms with Crippen LogP contribution in [-0.2, 0) is 0 Å². The van der Waals surface area contributed by atoms with Crippen molar-refractivity contribution in [3.05, 3.63) is 29.8 Å². The summed E-state index contributed by atoms with van der Waals surface area (Å²) in [7, 11) is 0. The zero-order valence-corrected chi connectivity index (χ0v) is 11.1. The van der Waals surface area contributed by atoms with Crippen LogP contribution in [0.3, 0.4) is 0 Å². The maximum absolute atomic E-state index is 12.2. The van der Waals surface area contributed by atoms with E-state index in [9.17, 15) is 15.0 Å². The summed E-state index contributed by atoms with van der Waals surface area (Å²) in [5, 5.41) is 25.2. The third kappa shape index (κ3) is 1.22. The molecule has 0 bridgehead atoms. The number of aromatic hydroxyl groups is 2. The quantitative estimate of drug-likeness (QED) is 0.555. The van der Waals surface area contributed by atoms with Crippen molar-refractivity contribution >= 4 is 33.1 Å². The molecule has 0 radical (unpaired) electrons. The lowest BCUT2D eigenvalue weighted by Crippen LogP contribution is -2.04. The Morgan fingerprint density at radius 1 is 1.00 bits per heavy atom. The van der Waals surface area contributed by atoms with Crippen molar-refractivity contribution < 1.29 is 24.5 Å². The van der Waals surface area contributed by atoms with Gasteiger partial charge in [0, 0.05) is 27.6 Å². The number of carbonyl (C=O) groups excluding carboxylic acids is 1. The summed E-state index contributed by atoms with van der Waals surface area (Å²) >= 11 is 0. The van der Waals surface area contributed by atoms with Gasteiger partial charge in [-0.15, -0.1) is 0 Å². The molecule has 0 spiro atoms. The summed E-state index contributed by atoms with van der Waals surface area (Å²) in [6, 6.07) is 6.16. The molecule has 0 fully saturated rings. The number of phenols is 2. The topological polar surface area (TPSA) is 88.0 Å². The molecule has 6 nitrogen and oxygen atoms in total. The zero-order chi connectivity index (χ0) is 15.0. The van der Waals surface area contributed by atoms with Crippen LogP contribution in [0.2, 0.25) is 0 Å². The predicted octanol–water partition coefficient (Wildman–Crippen LogP) is 2.70. The van der Waals surface area contributed by atoms with Gasteiger partial charge in [0.05, 0.1) is 11.3 Å². The second kappa shape index (κ2) is 3.54. The molecule has 0 saturated heterocycles. The maximum Gasteiger partial charge on any atom is 0.256 e. The summed E-state index contributed by atoms with van der Waals surface area (Å²) in [5.74, 6) is 0.660. The monoisotopic (exact) mass is 295 g/mol. The first-order valence-electron chi connectivity index (χ1n) is 6.70. The number of nitrogens with one attached hydrogen (secondary N) is 1. The third-order valence-electron chi connectivity index (χ3n) is 4.13. The largest absolute Gasteiger partial charge is 0.508 e. The molecule has 0 unspecified atom stereocenters. The van der Waals surface area contributed by atoms with Gasteiger partial charge in [-0.2, -0.15) is 0 Å². The summed E-state index contributed by atoms with van der Waals surface area (Å²) in [5.41, 5.74) is 1.11. The molecular formula is C16H9NO5. The minimum absolute atomic E-state index is 0.0596. The number of ether oxygens (including phenoxy) is 2. The molecule has 1 amide bonds. The molecule has 3 N–H and O–H groups in total. The predicted molar refractivity (Wildman–Crippen MR) is 78.9 cm³/mol. The molecule has 3 aromatic rings. The molecule has 22 heavy (non-hydrogen) atoms. The highest BCUT2D eigenvalue weighted by molar-refractivity contribution is 6.31. The van der Waals surface area contributed by atoms with Crippen molar-refractivity contribution in [2.45, 2.75) is 0 Å². The Kier molecular flexibility index (Phi) is 1.85. The Morgan fingerprint density at radius 3 is 2.73 bits per heavy atom. The van der Waals surface area contributed by atoms with Crippen LogP contribution in [0.5, 0.6) is 23.0 Å². The van der Waals surface area contributed by atoms with Gasteiger partial charge in [-0.25, -0.2) is 0 Å². The third-order valence-corrected chi connectivity index (χ3v) is 4.13. The molecule has 6 heteroatoms. The molecule has 0 aliphatic carbocycles. The van der Waals surface area contributed by atoms with Crippen molar-refractivity contribution in [3.8, 4) is 23.0 Å². The van der Waals surface area contributed by atoms with Crippen LogP contribution in [0, 0.1) is 0 Å². The van der Waals surface area contributed by atoms with Gasteiger partial charge in [0.1, 0.15) is 11.5 Å². The first-order valence-corrected chi connectivity index (χ1v) is 6.70. The van der Waals surface area contributed by atoms with E-state index in [1.54, 1.807) is 18.2 Å². The molecule has 2 heterocycles. The van der Waals surface area contributed by atoms with E-state index in [1.165, 1.54) is 6.07 Å². The number of fused-ring (bicyclic) bond motifs is 4. The number of phenolic OH excluding ortho intramolecular Hbond substituents is 2. The molecule has 3 aromatic carbocycles. The Balaban J connectivity index is 2.12. The second-order valence-corrected chi connectivity index (χ2v) is 5.35. The van der Waals surface area contributed by atoms with Crippen LogP contribution >= 0.6 is 0 Å². The van der Waals surface area contributed by atoms with E-state index < -0.39 is 0 Å². The molecule has 5 rings (SSSR count). The summed E-state index contributed by atoms with van der Waals surface area (Å²) in [6.07, 6.45) is 0. The summed E-state index contributed by atoms with van der Waals surface area (Å²) in [6.45, 7) is 0.0754. The molecule has 108 valence electrons. The van der Waals surface area contributed by atoms with E-state index in [2.05, 4.69) is 5.32 Å². The van der Waals surface area contributed by atoms with Crippen molar-refractivity contribution in [3.63, 3.8) is 0 Å². The second-order valence-electron chi connectivity index (χ2n) is 5.35. The van der Waals surface area contributed by atoms with E-state index >= 15 is 0 Å². The van der Waals surface area contributed by atoms with Crippen LogP contribution in [0.1, 0.15) is 10.4 Å². The fourth-order valence-electron chi connectivity index (χ4n) is 3.24. The summed E-state index contributed by atoms with van der Waals surface area (Å²) < 4.78 is 11.0. The lowest BCUT2D eigenvalue weighted by atomic mass is 9.96. The van der Waals surface area contributed by atoms with Gasteiger partial charge in [-0.05, 0) is 18.2 Å². The Morgan fingerprint density at radius 2 is 1.86 bits per heavy atom. The Labute approximate surface area is 123 Å². The molecule has 0 saturated carbocycles. The van der Waals surface area contributed by atoms with Crippen molar-refractivity contribution in [1.82, 2.24) is 0 Å². The minimum Gasteiger partial charge on any atom is -0.508 e. The highest BCUT2D eigenvalue weighted by Gasteiger charge is 2.30. The van der Waals surface area contributed by atoms with Gasteiger partial charge in [-0.3, -0.25) is 4.79 Å². The number of anilines is 1. The van der Waals surface area contributed by atoms with Crippen molar-refractivity contribution in [2.24, 2.45) is 0 Å². The first kappa shape index (κ1) is 11.5. The van der Waals surface area contributed by atoms with Gasteiger partial charge in [0.15, 0.2) is 11.5 Å². The zero-order valence-electron chi connectivity index (χ0n) is 11.1. The van der Waals surface area contributed by atoms with Crippen LogP contribution in [-0.4, -0.2) is 22.9 Å². The highest BCUT2D eigenvalue weighted by Crippen LogP contribution is 2.50. The minimum atomic E-state index is -0.225. The van der Waals surface area contributed by atoms with E-state index in [-0.39, 0.29) is 24.2 Å². The number of carbonyl (C=O) groups is 1. The first-order chi connectivity index (χ1) is 10.6. The lowest BCUT2D eigenvalue weighted by Gasteiger charge is -2.10. The average molecular weight is 295 g/mol. The van der Waals surface area contributed by atoms with Gasteiger partial charge in [0.2, 0.25) is 6.79 Å². The number of rotatable bonds is 0. The normalized spacial score (nSPS) is 14.8. The smallest absolute Gasteiger partial charge is 0.256 e. The van der Waals surface area contributed by atoms with Crippen molar-refractivity contribution in [2.75, 3.05) is 12.1 Å². The standard InChI is InChI=1S/C16H9NO5/c18-6-1-8-7(11(19)2-6)3-10-13-9(16(20)17-10)4-12-15(14(8)13)22-5-21-12/h1-4,18-19H,5H2,(H,17,20). The SMILES string of the molecule is O=C1Nc2cc3c(O)cc(O)cc3c3c4c(cc1c23)OCO4. The number of hydrogen-bond acceptors (Lipinski definition) is 5. The number of amides is 1. The van der Waals surface area contributed by atoms with Crippen molar-refractivity contribution in [1.29, 1.82) is 0 Å². The van der Waals surface area contributed by atoms with E-state index in [0.717, 1.165) is 0 Å².